The first-order chi connectivity index (χ1) is 12.5. The molecule has 0 radical (unpaired) electrons. The first kappa shape index (κ1) is 20.3. The zero-order chi connectivity index (χ0) is 19.7. The number of hydrogen-bond donors (Lipinski definition) is 1. The van der Waals surface area contributed by atoms with Crippen LogP contribution in [0.4, 0.5) is 0 Å². The van der Waals surface area contributed by atoms with Crippen LogP contribution in [0, 0.1) is 0 Å². The minimum Gasteiger partial charge on any atom is -0.391 e. The standard InChI is InChI=1S/C20H36O6Si/c1-18(2,3)27(19(4,5)6)23-12-16-15(26-27)11-20(21)17(24-16)10-14-13(25-20)8-7-9-22-14/h13-17,21H,7-12H2,1-6H3/t13-,14+,15-,16+,17-,20+/m0/s1. The fourth-order valence-electron chi connectivity index (χ4n) is 5.58. The third kappa shape index (κ3) is 3.23. The van der Waals surface area contributed by atoms with Gasteiger partial charge in [0, 0.05) is 29.5 Å². The summed E-state index contributed by atoms with van der Waals surface area (Å²) >= 11 is 0. The lowest BCUT2D eigenvalue weighted by Crippen LogP contribution is -2.71. The Kier molecular flexibility index (Phi) is 4.87. The number of rotatable bonds is 0. The summed E-state index contributed by atoms with van der Waals surface area (Å²) < 4.78 is 31.6. The molecule has 0 spiro atoms. The van der Waals surface area contributed by atoms with Crippen molar-refractivity contribution >= 4 is 8.56 Å². The first-order valence-corrected chi connectivity index (χ1v) is 12.3. The third-order valence-electron chi connectivity index (χ3n) is 6.67. The van der Waals surface area contributed by atoms with Crippen LogP contribution in [0.25, 0.3) is 0 Å². The van der Waals surface area contributed by atoms with E-state index in [1.165, 1.54) is 0 Å². The summed E-state index contributed by atoms with van der Waals surface area (Å²) in [6, 6.07) is 0. The van der Waals surface area contributed by atoms with Crippen LogP contribution in [0.1, 0.15) is 67.2 Å². The van der Waals surface area contributed by atoms with E-state index in [1.807, 2.05) is 0 Å². The second-order valence-electron chi connectivity index (χ2n) is 10.7. The zero-order valence-electron chi connectivity index (χ0n) is 17.6. The molecule has 7 heteroatoms. The molecule has 0 saturated carbocycles. The molecule has 4 fully saturated rings. The van der Waals surface area contributed by atoms with Gasteiger partial charge < -0.3 is 28.2 Å². The number of hydrogen-bond acceptors (Lipinski definition) is 6. The van der Waals surface area contributed by atoms with Gasteiger partial charge in [-0.2, -0.15) is 0 Å². The Morgan fingerprint density at radius 1 is 0.963 bits per heavy atom. The minimum atomic E-state index is -2.59. The molecule has 4 aliphatic rings. The van der Waals surface area contributed by atoms with Crippen LogP contribution in [-0.2, 0) is 23.1 Å². The van der Waals surface area contributed by atoms with Crippen molar-refractivity contribution in [2.45, 2.75) is 114 Å². The molecule has 0 unspecified atom stereocenters. The lowest BCUT2D eigenvalue weighted by Gasteiger charge is -2.59. The quantitative estimate of drug-likeness (QED) is 0.630. The SMILES string of the molecule is CC(C)(C)[Si]1(C(C)(C)C)OC[C@H]2O[C@H]3C[C@H]4OCCC[C@@H]4O[C@]3(O)C[C@@H]2O1. The van der Waals surface area contributed by atoms with Crippen LogP contribution >= 0.6 is 0 Å². The minimum absolute atomic E-state index is 0.0172. The Bertz CT molecular complexity index is 556. The highest BCUT2D eigenvalue weighted by atomic mass is 28.4. The molecule has 6 nitrogen and oxygen atoms in total. The molecular weight excluding hydrogens is 364 g/mol. The number of aliphatic hydroxyl groups is 1. The highest BCUT2D eigenvalue weighted by molar-refractivity contribution is 6.73. The van der Waals surface area contributed by atoms with Crippen molar-refractivity contribution in [1.82, 2.24) is 0 Å². The van der Waals surface area contributed by atoms with Crippen molar-refractivity contribution in [2.75, 3.05) is 13.2 Å². The zero-order valence-corrected chi connectivity index (χ0v) is 18.6. The van der Waals surface area contributed by atoms with Crippen molar-refractivity contribution in [2.24, 2.45) is 0 Å². The largest absolute Gasteiger partial charge is 0.391 e. The molecular formula is C20H36O6Si. The molecule has 0 amide bonds. The van der Waals surface area contributed by atoms with Gasteiger partial charge in [-0.25, -0.2) is 0 Å². The molecule has 0 bridgehead atoms. The van der Waals surface area contributed by atoms with Crippen molar-refractivity contribution < 1.29 is 28.2 Å². The van der Waals surface area contributed by atoms with Crippen molar-refractivity contribution in [3.05, 3.63) is 0 Å². The van der Waals surface area contributed by atoms with Gasteiger partial charge in [0.05, 0.1) is 24.9 Å². The predicted octanol–water partition coefficient (Wildman–Crippen LogP) is 3.26. The molecule has 4 aliphatic heterocycles. The van der Waals surface area contributed by atoms with Gasteiger partial charge in [0.1, 0.15) is 12.2 Å². The van der Waals surface area contributed by atoms with E-state index < -0.39 is 14.3 Å². The Balaban J connectivity index is 1.57. The summed E-state index contributed by atoms with van der Waals surface area (Å²) in [6.45, 7) is 14.5. The van der Waals surface area contributed by atoms with E-state index in [4.69, 9.17) is 23.1 Å². The van der Waals surface area contributed by atoms with Gasteiger partial charge in [-0.1, -0.05) is 41.5 Å². The lowest BCUT2D eigenvalue weighted by atomic mass is 9.85. The molecule has 6 atom stereocenters. The summed E-state index contributed by atoms with van der Waals surface area (Å²) in [4.78, 5) is 0. The maximum absolute atomic E-state index is 11.3. The maximum Gasteiger partial charge on any atom is 0.349 e. The summed E-state index contributed by atoms with van der Waals surface area (Å²) in [5.41, 5.74) is 0. The normalized spacial score (nSPS) is 44.8. The smallest absolute Gasteiger partial charge is 0.349 e. The Morgan fingerprint density at radius 3 is 2.33 bits per heavy atom. The molecule has 0 aromatic rings. The predicted molar refractivity (Wildman–Crippen MR) is 103 cm³/mol. The monoisotopic (exact) mass is 400 g/mol. The highest BCUT2D eigenvalue weighted by Gasteiger charge is 2.65. The molecule has 27 heavy (non-hydrogen) atoms. The van der Waals surface area contributed by atoms with E-state index in [1.54, 1.807) is 0 Å². The van der Waals surface area contributed by atoms with Gasteiger partial charge in [-0.3, -0.25) is 0 Å². The van der Waals surface area contributed by atoms with Crippen molar-refractivity contribution in [3.8, 4) is 0 Å². The fraction of sp³-hybridized carbons (Fsp3) is 1.00. The van der Waals surface area contributed by atoms with Crippen LogP contribution in [0.3, 0.4) is 0 Å². The molecule has 0 aliphatic carbocycles. The molecule has 1 N–H and O–H groups in total. The van der Waals surface area contributed by atoms with Crippen LogP contribution in [0.2, 0.25) is 10.1 Å². The van der Waals surface area contributed by atoms with Crippen molar-refractivity contribution in [3.63, 3.8) is 0 Å². The average molecular weight is 401 g/mol. The summed E-state index contributed by atoms with van der Waals surface area (Å²) in [7, 11) is -2.59. The van der Waals surface area contributed by atoms with E-state index in [2.05, 4.69) is 41.5 Å². The van der Waals surface area contributed by atoms with Gasteiger partial charge in [0.25, 0.3) is 0 Å². The summed E-state index contributed by atoms with van der Waals surface area (Å²) in [5.74, 6) is -1.30. The Labute approximate surface area is 164 Å². The van der Waals surface area contributed by atoms with E-state index in [-0.39, 0.29) is 40.6 Å². The summed E-state index contributed by atoms with van der Waals surface area (Å²) in [5, 5.41) is 11.2. The number of fused-ring (bicyclic) bond motifs is 3. The first-order valence-electron chi connectivity index (χ1n) is 10.4. The molecule has 4 heterocycles. The van der Waals surface area contributed by atoms with Crippen molar-refractivity contribution in [1.29, 1.82) is 0 Å². The molecule has 4 saturated heterocycles. The summed E-state index contributed by atoms with van der Waals surface area (Å²) in [6.07, 6.45) is 2.24. The van der Waals surface area contributed by atoms with E-state index in [0.29, 0.717) is 19.4 Å². The second-order valence-corrected chi connectivity index (χ2v) is 15.5. The molecule has 0 aromatic heterocycles. The maximum atomic E-state index is 11.3. The average Bonchev–Trinajstić information content (AvgIpc) is 2.55. The van der Waals surface area contributed by atoms with E-state index in [9.17, 15) is 5.11 Å². The third-order valence-corrected chi connectivity index (χ3v) is 11.8. The molecule has 4 rings (SSSR count). The van der Waals surface area contributed by atoms with Crippen LogP contribution in [0.5, 0.6) is 0 Å². The van der Waals surface area contributed by atoms with Gasteiger partial charge in [0.2, 0.25) is 0 Å². The van der Waals surface area contributed by atoms with Crippen LogP contribution < -0.4 is 0 Å². The van der Waals surface area contributed by atoms with Gasteiger partial charge in [-0.05, 0) is 12.8 Å². The van der Waals surface area contributed by atoms with Crippen LogP contribution in [-0.4, -0.2) is 63.2 Å². The molecule has 156 valence electrons. The van der Waals surface area contributed by atoms with E-state index >= 15 is 0 Å². The Morgan fingerprint density at radius 2 is 1.67 bits per heavy atom. The molecule has 0 aromatic carbocycles. The highest BCUT2D eigenvalue weighted by Crippen LogP contribution is 2.56. The van der Waals surface area contributed by atoms with Gasteiger partial charge >= 0.3 is 8.56 Å². The fourth-order valence-corrected chi connectivity index (χ4v) is 10.5. The Hall–Kier alpha value is -0.0231. The van der Waals surface area contributed by atoms with Gasteiger partial charge in [-0.15, -0.1) is 0 Å². The van der Waals surface area contributed by atoms with Gasteiger partial charge in [0.15, 0.2) is 5.79 Å². The lowest BCUT2D eigenvalue weighted by molar-refractivity contribution is -0.378. The second kappa shape index (κ2) is 6.49. The number of ether oxygens (including phenoxy) is 3. The van der Waals surface area contributed by atoms with E-state index in [0.717, 1.165) is 19.4 Å². The topological polar surface area (TPSA) is 66.4 Å². The van der Waals surface area contributed by atoms with Crippen LogP contribution in [0.15, 0.2) is 0 Å².